The molecule has 1 unspecified atom stereocenters. The van der Waals surface area contributed by atoms with E-state index in [0.29, 0.717) is 11.0 Å². The van der Waals surface area contributed by atoms with E-state index in [-0.39, 0.29) is 5.60 Å². The van der Waals surface area contributed by atoms with Gasteiger partial charge in [0.25, 0.3) is 0 Å². The Balaban J connectivity index is 1.99. The fraction of sp³-hybridized carbons (Fsp3) is 0.579. The molecule has 2 aliphatic rings. The predicted octanol–water partition coefficient (Wildman–Crippen LogP) is 5.53. The maximum atomic E-state index is 10.6. The van der Waals surface area contributed by atoms with Crippen molar-refractivity contribution in [1.29, 1.82) is 0 Å². The van der Waals surface area contributed by atoms with Crippen LogP contribution in [-0.4, -0.2) is 16.0 Å². The van der Waals surface area contributed by atoms with Gasteiger partial charge in [0.2, 0.25) is 0 Å². The maximum absolute atomic E-state index is 10.6. The highest BCUT2D eigenvalue weighted by Crippen LogP contribution is 2.55. The van der Waals surface area contributed by atoms with Crippen molar-refractivity contribution in [3.05, 3.63) is 28.2 Å². The summed E-state index contributed by atoms with van der Waals surface area (Å²) in [4.78, 5) is 1.29. The summed E-state index contributed by atoms with van der Waals surface area (Å²) in [6.45, 7) is 8.73. The minimum Gasteiger partial charge on any atom is -0.507 e. The molecule has 0 radical (unpaired) electrons. The van der Waals surface area contributed by atoms with Gasteiger partial charge in [-0.1, -0.05) is 26.7 Å². The summed E-state index contributed by atoms with van der Waals surface area (Å²) in [5, 5.41) is 11.1. The third-order valence-electron chi connectivity index (χ3n) is 4.51. The van der Waals surface area contributed by atoms with Crippen LogP contribution in [0, 0.1) is 0 Å². The van der Waals surface area contributed by atoms with E-state index in [4.69, 9.17) is 4.74 Å². The van der Waals surface area contributed by atoms with Crippen LogP contribution < -0.4 is 4.74 Å². The predicted molar refractivity (Wildman–Crippen MR) is 94.6 cm³/mol. The van der Waals surface area contributed by atoms with Gasteiger partial charge in [-0.25, -0.2) is 0 Å². The molecule has 0 amide bonds. The molecule has 3 heteroatoms. The van der Waals surface area contributed by atoms with E-state index in [1.807, 2.05) is 17.8 Å². The van der Waals surface area contributed by atoms with Crippen LogP contribution in [0.25, 0.3) is 5.57 Å². The minimum atomic E-state index is -0.285. The number of phenolic OH excluding ortho intramolecular Hbond substituents is 1. The highest BCUT2D eigenvalue weighted by atomic mass is 32.2. The molecule has 0 saturated heterocycles. The topological polar surface area (TPSA) is 29.5 Å². The summed E-state index contributed by atoms with van der Waals surface area (Å²) < 4.78 is 6.27. The number of ether oxygens (including phenoxy) is 1. The van der Waals surface area contributed by atoms with Crippen LogP contribution in [-0.2, 0) is 6.42 Å². The van der Waals surface area contributed by atoms with Gasteiger partial charge in [-0.05, 0) is 56.4 Å². The lowest BCUT2D eigenvalue weighted by Gasteiger charge is -2.34. The van der Waals surface area contributed by atoms with E-state index in [0.717, 1.165) is 24.2 Å². The van der Waals surface area contributed by atoms with Gasteiger partial charge in [-0.15, -0.1) is 11.8 Å². The molecule has 3 rings (SSSR count). The van der Waals surface area contributed by atoms with Gasteiger partial charge < -0.3 is 9.84 Å². The van der Waals surface area contributed by atoms with Gasteiger partial charge >= 0.3 is 0 Å². The van der Waals surface area contributed by atoms with Gasteiger partial charge in [-0.3, -0.25) is 0 Å². The molecule has 120 valence electrons. The Morgan fingerprint density at radius 1 is 1.32 bits per heavy atom. The summed E-state index contributed by atoms with van der Waals surface area (Å²) >= 11 is 1.89. The molecule has 1 atom stereocenters. The second kappa shape index (κ2) is 5.84. The summed E-state index contributed by atoms with van der Waals surface area (Å²) in [6.07, 6.45) is 5.64. The molecule has 1 aromatic rings. The molecule has 2 nitrogen and oxygen atoms in total. The highest BCUT2D eigenvalue weighted by molar-refractivity contribution is 8.04. The number of benzene rings is 1. The Morgan fingerprint density at radius 2 is 2.09 bits per heavy atom. The number of hydrogen-bond donors (Lipinski definition) is 1. The minimum absolute atomic E-state index is 0.285. The molecule has 0 spiro atoms. The number of phenols is 1. The van der Waals surface area contributed by atoms with Crippen molar-refractivity contribution in [2.75, 3.05) is 0 Å². The number of unbranched alkanes of at least 4 members (excludes halogenated alkanes) is 2. The number of rotatable bonds is 4. The molecular weight excluding hydrogens is 292 g/mol. The van der Waals surface area contributed by atoms with Crippen LogP contribution in [0.5, 0.6) is 11.5 Å². The number of thioether (sulfide) groups is 1. The molecule has 0 bridgehead atoms. The van der Waals surface area contributed by atoms with Gasteiger partial charge in [0, 0.05) is 10.2 Å². The lowest BCUT2D eigenvalue weighted by atomic mass is 9.90. The molecular formula is C19H26O2S. The quantitative estimate of drug-likeness (QED) is 0.740. The van der Waals surface area contributed by atoms with Crippen molar-refractivity contribution in [3.63, 3.8) is 0 Å². The Kier molecular flexibility index (Phi) is 4.19. The normalized spacial score (nSPS) is 22.3. The molecule has 1 aromatic carbocycles. The first-order valence-corrected chi connectivity index (χ1v) is 9.26. The Hall–Kier alpha value is -1.09. The Bertz CT molecular complexity index is 616. The first kappa shape index (κ1) is 15.8. The number of hydrogen-bond acceptors (Lipinski definition) is 3. The Labute approximate surface area is 138 Å². The second-order valence-corrected chi connectivity index (χ2v) is 8.45. The van der Waals surface area contributed by atoms with Gasteiger partial charge in [0.15, 0.2) is 0 Å². The lowest BCUT2D eigenvalue weighted by Crippen LogP contribution is -2.32. The number of aryl methyl sites for hydroxylation is 1. The van der Waals surface area contributed by atoms with Crippen molar-refractivity contribution >= 4 is 17.3 Å². The zero-order valence-electron chi connectivity index (χ0n) is 14.0. The van der Waals surface area contributed by atoms with Crippen LogP contribution in [0.4, 0.5) is 0 Å². The third kappa shape index (κ3) is 2.76. The zero-order chi connectivity index (χ0) is 15.9. The van der Waals surface area contributed by atoms with E-state index in [9.17, 15) is 5.11 Å². The maximum Gasteiger partial charge on any atom is 0.134 e. The average molecular weight is 318 g/mol. The van der Waals surface area contributed by atoms with Crippen molar-refractivity contribution in [2.45, 2.75) is 70.7 Å². The van der Waals surface area contributed by atoms with Crippen LogP contribution in [0.2, 0.25) is 0 Å². The fourth-order valence-electron chi connectivity index (χ4n) is 3.50. The lowest BCUT2D eigenvalue weighted by molar-refractivity contribution is 0.153. The molecule has 2 aliphatic heterocycles. The van der Waals surface area contributed by atoms with E-state index in [1.165, 1.54) is 35.3 Å². The summed E-state index contributed by atoms with van der Waals surface area (Å²) in [5.41, 5.74) is 3.13. The van der Waals surface area contributed by atoms with Gasteiger partial charge in [-0.2, -0.15) is 0 Å². The van der Waals surface area contributed by atoms with Gasteiger partial charge in [0.1, 0.15) is 17.1 Å². The SMILES string of the molecule is CCCCCc1cc(O)c2c(c1)OC(C)(C)C1=C2CC(C)S1. The van der Waals surface area contributed by atoms with Crippen LogP contribution in [0.15, 0.2) is 17.0 Å². The van der Waals surface area contributed by atoms with E-state index in [1.54, 1.807) is 0 Å². The molecule has 0 fully saturated rings. The van der Waals surface area contributed by atoms with E-state index >= 15 is 0 Å². The standard InChI is InChI=1S/C19H26O2S/c1-5-6-7-8-13-10-15(20)17-14-9-12(2)22-18(14)19(3,4)21-16(17)11-13/h10-12,20H,5-9H2,1-4H3. The third-order valence-corrected chi connectivity index (χ3v) is 6.05. The molecule has 22 heavy (non-hydrogen) atoms. The molecule has 1 N–H and O–H groups in total. The first-order valence-electron chi connectivity index (χ1n) is 8.38. The highest BCUT2D eigenvalue weighted by Gasteiger charge is 2.41. The van der Waals surface area contributed by atoms with Crippen LogP contribution in [0.1, 0.15) is 64.5 Å². The Morgan fingerprint density at radius 3 is 2.82 bits per heavy atom. The summed E-state index contributed by atoms with van der Waals surface area (Å²) in [7, 11) is 0. The zero-order valence-corrected chi connectivity index (χ0v) is 14.8. The molecule has 0 aromatic heterocycles. The number of allylic oxidation sites excluding steroid dienone is 1. The summed E-state index contributed by atoms with van der Waals surface area (Å²) in [6, 6.07) is 4.08. The van der Waals surface area contributed by atoms with Crippen molar-refractivity contribution in [2.24, 2.45) is 0 Å². The largest absolute Gasteiger partial charge is 0.507 e. The van der Waals surface area contributed by atoms with Crippen LogP contribution >= 0.6 is 11.8 Å². The second-order valence-electron chi connectivity index (χ2n) is 7.00. The van der Waals surface area contributed by atoms with Crippen molar-refractivity contribution in [1.82, 2.24) is 0 Å². The van der Waals surface area contributed by atoms with Crippen molar-refractivity contribution in [3.8, 4) is 11.5 Å². The first-order chi connectivity index (χ1) is 10.4. The molecule has 0 saturated carbocycles. The monoisotopic (exact) mass is 318 g/mol. The smallest absolute Gasteiger partial charge is 0.134 e. The molecule has 2 heterocycles. The fourth-order valence-corrected chi connectivity index (χ4v) is 4.81. The van der Waals surface area contributed by atoms with E-state index < -0.39 is 0 Å². The average Bonchev–Trinajstić information content (AvgIpc) is 2.80. The molecule has 0 aliphatic carbocycles. The van der Waals surface area contributed by atoms with E-state index in [2.05, 4.69) is 33.8 Å². The van der Waals surface area contributed by atoms with Crippen LogP contribution in [0.3, 0.4) is 0 Å². The van der Waals surface area contributed by atoms with Gasteiger partial charge in [0.05, 0.1) is 5.56 Å². The summed E-state index contributed by atoms with van der Waals surface area (Å²) in [5.74, 6) is 1.26. The number of fused-ring (bicyclic) bond motifs is 2. The number of aromatic hydroxyl groups is 1. The van der Waals surface area contributed by atoms with Crippen molar-refractivity contribution < 1.29 is 9.84 Å².